The van der Waals surface area contributed by atoms with E-state index in [-0.39, 0.29) is 0 Å². The maximum absolute atomic E-state index is 4.30. The van der Waals surface area contributed by atoms with Crippen molar-refractivity contribution < 1.29 is 0 Å². The molecule has 5 nitrogen and oxygen atoms in total. The smallest absolute Gasteiger partial charge is 0.188 e. The highest BCUT2D eigenvalue weighted by Gasteiger charge is 2.28. The Kier molecular flexibility index (Phi) is 3.53. The molecule has 5 heteroatoms. The molecule has 0 amide bonds. The number of benzene rings is 1. The fraction of sp³-hybridized carbons (Fsp3) is 0.533. The Balaban J connectivity index is 1.83. The van der Waals surface area contributed by atoms with Crippen LogP contribution in [0.3, 0.4) is 0 Å². The SMILES string of the molecule is Cc1cccc(C2CCCN2Cc2nnn(C)n2)c1C. The number of likely N-dealkylation sites (tertiary alicyclic amines) is 1. The van der Waals surface area contributed by atoms with E-state index in [2.05, 4.69) is 52.4 Å². The molecule has 1 aliphatic heterocycles. The zero-order valence-electron chi connectivity index (χ0n) is 12.4. The van der Waals surface area contributed by atoms with Crippen LogP contribution in [0, 0.1) is 13.8 Å². The summed E-state index contributed by atoms with van der Waals surface area (Å²) in [6.07, 6.45) is 2.45. The zero-order chi connectivity index (χ0) is 14.1. The van der Waals surface area contributed by atoms with Gasteiger partial charge in [-0.05, 0) is 55.1 Å². The van der Waals surface area contributed by atoms with Gasteiger partial charge in [0.15, 0.2) is 5.82 Å². The van der Waals surface area contributed by atoms with E-state index in [1.807, 2.05) is 7.05 Å². The number of aryl methyl sites for hydroxylation is 2. The first-order chi connectivity index (χ1) is 9.65. The molecule has 0 N–H and O–H groups in total. The number of hydrogen-bond acceptors (Lipinski definition) is 4. The molecule has 1 aliphatic rings. The first kappa shape index (κ1) is 13.2. The van der Waals surface area contributed by atoms with Gasteiger partial charge in [-0.1, -0.05) is 18.2 Å². The number of nitrogens with zero attached hydrogens (tertiary/aromatic N) is 5. The van der Waals surface area contributed by atoms with E-state index < -0.39 is 0 Å². The summed E-state index contributed by atoms with van der Waals surface area (Å²) in [5.41, 5.74) is 4.23. The summed E-state index contributed by atoms with van der Waals surface area (Å²) in [6, 6.07) is 7.09. The molecule has 1 aromatic heterocycles. The Morgan fingerprint density at radius 3 is 2.90 bits per heavy atom. The summed E-state index contributed by atoms with van der Waals surface area (Å²) in [4.78, 5) is 4.00. The fourth-order valence-corrected chi connectivity index (χ4v) is 3.07. The van der Waals surface area contributed by atoms with Gasteiger partial charge in [0.1, 0.15) is 0 Å². The molecule has 0 aliphatic carbocycles. The predicted octanol–water partition coefficient (Wildman–Crippen LogP) is 2.16. The maximum atomic E-state index is 4.30. The van der Waals surface area contributed by atoms with Crippen molar-refractivity contribution in [3.05, 3.63) is 40.7 Å². The fourth-order valence-electron chi connectivity index (χ4n) is 3.07. The maximum Gasteiger partial charge on any atom is 0.188 e. The van der Waals surface area contributed by atoms with Crippen molar-refractivity contribution in [3.63, 3.8) is 0 Å². The molecule has 0 spiro atoms. The van der Waals surface area contributed by atoms with E-state index in [4.69, 9.17) is 0 Å². The Bertz CT molecular complexity index is 604. The topological polar surface area (TPSA) is 46.8 Å². The summed E-state index contributed by atoms with van der Waals surface area (Å²) >= 11 is 0. The summed E-state index contributed by atoms with van der Waals surface area (Å²) in [5.74, 6) is 0.810. The molecular weight excluding hydrogens is 250 g/mol. The number of tetrazole rings is 1. The summed E-state index contributed by atoms with van der Waals surface area (Å²) in [7, 11) is 1.81. The summed E-state index contributed by atoms with van der Waals surface area (Å²) < 4.78 is 0. The van der Waals surface area contributed by atoms with Crippen molar-refractivity contribution in [2.45, 2.75) is 39.3 Å². The lowest BCUT2D eigenvalue weighted by atomic mass is 9.96. The van der Waals surface area contributed by atoms with E-state index in [0.717, 1.165) is 18.9 Å². The van der Waals surface area contributed by atoms with Crippen molar-refractivity contribution in [1.29, 1.82) is 0 Å². The van der Waals surface area contributed by atoms with Crippen molar-refractivity contribution >= 4 is 0 Å². The molecule has 1 aromatic carbocycles. The van der Waals surface area contributed by atoms with Crippen molar-refractivity contribution in [3.8, 4) is 0 Å². The minimum atomic E-state index is 0.485. The Morgan fingerprint density at radius 2 is 2.15 bits per heavy atom. The first-order valence-corrected chi connectivity index (χ1v) is 7.18. The third-order valence-electron chi connectivity index (χ3n) is 4.26. The van der Waals surface area contributed by atoms with Crippen molar-refractivity contribution in [1.82, 2.24) is 25.1 Å². The average Bonchev–Trinajstić information content (AvgIpc) is 3.03. The Hall–Kier alpha value is -1.75. The second-order valence-corrected chi connectivity index (χ2v) is 5.61. The van der Waals surface area contributed by atoms with Crippen LogP contribution in [0.4, 0.5) is 0 Å². The molecule has 1 unspecified atom stereocenters. The summed E-state index contributed by atoms with van der Waals surface area (Å²) in [5, 5.41) is 12.3. The highest BCUT2D eigenvalue weighted by atomic mass is 15.6. The first-order valence-electron chi connectivity index (χ1n) is 7.18. The molecule has 0 bridgehead atoms. The zero-order valence-corrected chi connectivity index (χ0v) is 12.4. The van der Waals surface area contributed by atoms with Crippen molar-refractivity contribution in [2.75, 3.05) is 6.54 Å². The highest BCUT2D eigenvalue weighted by Crippen LogP contribution is 2.35. The van der Waals surface area contributed by atoms with Gasteiger partial charge in [0, 0.05) is 6.04 Å². The van der Waals surface area contributed by atoms with E-state index in [0.29, 0.717) is 6.04 Å². The van der Waals surface area contributed by atoms with Gasteiger partial charge in [-0.25, -0.2) is 0 Å². The van der Waals surface area contributed by atoms with E-state index in [1.54, 1.807) is 0 Å². The van der Waals surface area contributed by atoms with Crippen LogP contribution in [0.25, 0.3) is 0 Å². The molecule has 3 rings (SSSR count). The van der Waals surface area contributed by atoms with Gasteiger partial charge in [0.2, 0.25) is 0 Å². The van der Waals surface area contributed by atoms with Gasteiger partial charge in [-0.3, -0.25) is 4.90 Å². The second kappa shape index (κ2) is 5.32. The second-order valence-electron chi connectivity index (χ2n) is 5.61. The van der Waals surface area contributed by atoms with Crippen LogP contribution in [-0.2, 0) is 13.6 Å². The number of hydrogen-bond donors (Lipinski definition) is 0. The van der Waals surface area contributed by atoms with Crippen LogP contribution in [0.15, 0.2) is 18.2 Å². The van der Waals surface area contributed by atoms with E-state index in [9.17, 15) is 0 Å². The molecule has 2 heterocycles. The molecule has 2 aromatic rings. The molecule has 20 heavy (non-hydrogen) atoms. The lowest BCUT2D eigenvalue weighted by molar-refractivity contribution is 0.241. The number of rotatable bonds is 3. The third kappa shape index (κ3) is 2.45. The summed E-state index contributed by atoms with van der Waals surface area (Å²) in [6.45, 7) is 6.30. The van der Waals surface area contributed by atoms with Gasteiger partial charge in [0.25, 0.3) is 0 Å². The molecule has 1 atom stereocenters. The van der Waals surface area contributed by atoms with Crippen LogP contribution in [-0.4, -0.2) is 31.7 Å². The largest absolute Gasteiger partial charge is 0.289 e. The molecule has 0 saturated carbocycles. The Labute approximate surface area is 119 Å². The Morgan fingerprint density at radius 1 is 1.30 bits per heavy atom. The lowest BCUT2D eigenvalue weighted by Gasteiger charge is -2.25. The van der Waals surface area contributed by atoms with Crippen LogP contribution in [0.1, 0.15) is 41.4 Å². The van der Waals surface area contributed by atoms with Gasteiger partial charge in [-0.2, -0.15) is 4.80 Å². The average molecular weight is 271 g/mol. The van der Waals surface area contributed by atoms with Gasteiger partial charge < -0.3 is 0 Å². The molecule has 1 fully saturated rings. The predicted molar refractivity (Wildman–Crippen MR) is 77.1 cm³/mol. The van der Waals surface area contributed by atoms with Crippen LogP contribution in [0.5, 0.6) is 0 Å². The quantitative estimate of drug-likeness (QED) is 0.858. The van der Waals surface area contributed by atoms with Crippen LogP contribution in [0.2, 0.25) is 0 Å². The highest BCUT2D eigenvalue weighted by molar-refractivity contribution is 5.35. The minimum absolute atomic E-state index is 0.485. The van der Waals surface area contributed by atoms with E-state index >= 15 is 0 Å². The molecule has 0 radical (unpaired) electrons. The monoisotopic (exact) mass is 271 g/mol. The van der Waals surface area contributed by atoms with Gasteiger partial charge in [0.05, 0.1) is 13.6 Å². The lowest BCUT2D eigenvalue weighted by Crippen LogP contribution is -2.24. The van der Waals surface area contributed by atoms with Crippen molar-refractivity contribution in [2.24, 2.45) is 7.05 Å². The third-order valence-corrected chi connectivity index (χ3v) is 4.26. The standard InChI is InChI=1S/C15H21N5/c1-11-6-4-7-13(12(11)2)14-8-5-9-20(14)10-15-16-18-19(3)17-15/h4,6-7,14H,5,8-10H2,1-3H3. The van der Waals surface area contributed by atoms with Gasteiger partial charge in [-0.15, -0.1) is 10.2 Å². The normalized spacial score (nSPS) is 19.6. The molecule has 1 saturated heterocycles. The van der Waals surface area contributed by atoms with E-state index in [1.165, 1.54) is 34.3 Å². The van der Waals surface area contributed by atoms with Crippen LogP contribution >= 0.6 is 0 Å². The number of aromatic nitrogens is 4. The van der Waals surface area contributed by atoms with Gasteiger partial charge >= 0.3 is 0 Å². The van der Waals surface area contributed by atoms with Crippen LogP contribution < -0.4 is 0 Å². The minimum Gasteiger partial charge on any atom is -0.289 e. The molecular formula is C15H21N5. The molecule has 106 valence electrons.